The largest absolute Gasteiger partial charge is 0.444 e. The summed E-state index contributed by atoms with van der Waals surface area (Å²) in [4.78, 5) is 12.1. The molecule has 2 aromatic rings. The van der Waals surface area contributed by atoms with Crippen molar-refractivity contribution in [3.8, 4) is 0 Å². The Bertz CT molecular complexity index is 620. The third-order valence-electron chi connectivity index (χ3n) is 3.29. The van der Waals surface area contributed by atoms with Gasteiger partial charge in [-0.25, -0.2) is 4.79 Å². The molecule has 1 amide bonds. The second-order valence-corrected chi connectivity index (χ2v) is 6.39. The van der Waals surface area contributed by atoms with Crippen LogP contribution in [0.3, 0.4) is 0 Å². The lowest BCUT2D eigenvalue weighted by molar-refractivity contribution is 0.0419. The van der Waals surface area contributed by atoms with Gasteiger partial charge < -0.3 is 15.2 Å². The molecule has 4 heteroatoms. The van der Waals surface area contributed by atoms with Crippen molar-refractivity contribution in [2.45, 2.75) is 38.5 Å². The maximum absolute atomic E-state index is 12.1. The summed E-state index contributed by atoms with van der Waals surface area (Å²) in [6.45, 7) is 5.41. The van der Waals surface area contributed by atoms with Crippen molar-refractivity contribution < 1.29 is 14.6 Å². The molecule has 0 heterocycles. The molecule has 0 aliphatic rings. The number of ether oxygens (including phenoxy) is 1. The molecule has 0 bridgehead atoms. The molecular weight excluding hydrogens is 290 g/mol. The number of nitrogens with one attached hydrogen (secondary N) is 1. The summed E-state index contributed by atoms with van der Waals surface area (Å²) in [7, 11) is 0. The summed E-state index contributed by atoms with van der Waals surface area (Å²) in [5, 5.41) is 13.5. The van der Waals surface area contributed by atoms with E-state index in [0.717, 1.165) is 11.1 Å². The first kappa shape index (κ1) is 17.0. The van der Waals surface area contributed by atoms with Crippen LogP contribution in [0, 0.1) is 0 Å². The zero-order chi connectivity index (χ0) is 16.9. The fourth-order valence-corrected chi connectivity index (χ4v) is 2.28. The SMILES string of the molecule is CC(C)(C)OC(=O)N[C@H](c1ccccc1)[C@@H](O)c1ccccc1. The first-order chi connectivity index (χ1) is 10.9. The quantitative estimate of drug-likeness (QED) is 0.897. The zero-order valence-corrected chi connectivity index (χ0v) is 13.7. The van der Waals surface area contributed by atoms with Gasteiger partial charge in [-0.3, -0.25) is 0 Å². The fraction of sp³-hybridized carbons (Fsp3) is 0.316. The molecule has 122 valence electrons. The minimum Gasteiger partial charge on any atom is -0.444 e. The lowest BCUT2D eigenvalue weighted by Crippen LogP contribution is -2.37. The van der Waals surface area contributed by atoms with Crippen LogP contribution < -0.4 is 5.32 Å². The summed E-state index contributed by atoms with van der Waals surface area (Å²) in [6, 6.07) is 18.0. The number of hydrogen-bond acceptors (Lipinski definition) is 3. The molecule has 0 saturated carbocycles. The lowest BCUT2D eigenvalue weighted by atomic mass is 9.96. The van der Waals surface area contributed by atoms with Gasteiger partial charge in [0.15, 0.2) is 0 Å². The third kappa shape index (κ3) is 5.11. The number of amides is 1. The van der Waals surface area contributed by atoms with Crippen LogP contribution >= 0.6 is 0 Å². The maximum Gasteiger partial charge on any atom is 0.408 e. The fourth-order valence-electron chi connectivity index (χ4n) is 2.28. The van der Waals surface area contributed by atoms with Crippen molar-refractivity contribution in [3.63, 3.8) is 0 Å². The standard InChI is InChI=1S/C19H23NO3/c1-19(2,3)23-18(22)20-16(14-10-6-4-7-11-14)17(21)15-12-8-5-9-13-15/h4-13,16-17,21H,1-3H3,(H,20,22)/t16-,17+/m1/s1. The summed E-state index contributed by atoms with van der Waals surface area (Å²) in [5.41, 5.74) is 0.954. The van der Waals surface area contributed by atoms with Crippen LogP contribution in [0.25, 0.3) is 0 Å². The van der Waals surface area contributed by atoms with Crippen LogP contribution in [0.4, 0.5) is 4.79 Å². The number of hydrogen-bond donors (Lipinski definition) is 2. The first-order valence-electron chi connectivity index (χ1n) is 7.64. The van der Waals surface area contributed by atoms with Gasteiger partial charge in [0.1, 0.15) is 11.7 Å². The van der Waals surface area contributed by atoms with Crippen LogP contribution in [-0.2, 0) is 4.74 Å². The average Bonchev–Trinajstić information content (AvgIpc) is 2.52. The average molecular weight is 313 g/mol. The van der Waals surface area contributed by atoms with E-state index in [2.05, 4.69) is 5.32 Å². The molecule has 0 unspecified atom stereocenters. The molecule has 0 fully saturated rings. The number of carbonyl (C=O) groups is 1. The zero-order valence-electron chi connectivity index (χ0n) is 13.7. The Morgan fingerprint density at radius 1 is 0.957 bits per heavy atom. The molecule has 2 rings (SSSR count). The van der Waals surface area contributed by atoms with E-state index in [1.54, 1.807) is 20.8 Å². The number of aliphatic hydroxyl groups excluding tert-OH is 1. The molecule has 23 heavy (non-hydrogen) atoms. The molecule has 0 spiro atoms. The molecular formula is C19H23NO3. The number of benzene rings is 2. The molecule has 0 aliphatic heterocycles. The van der Waals surface area contributed by atoms with E-state index < -0.39 is 23.8 Å². The van der Waals surface area contributed by atoms with Gasteiger partial charge in [0.2, 0.25) is 0 Å². The van der Waals surface area contributed by atoms with Crippen molar-refractivity contribution in [3.05, 3.63) is 71.8 Å². The van der Waals surface area contributed by atoms with Crippen molar-refractivity contribution in [1.82, 2.24) is 5.32 Å². The Morgan fingerprint density at radius 2 is 1.43 bits per heavy atom. The van der Waals surface area contributed by atoms with E-state index >= 15 is 0 Å². The number of rotatable bonds is 4. The highest BCUT2D eigenvalue weighted by atomic mass is 16.6. The molecule has 0 aliphatic carbocycles. The van der Waals surface area contributed by atoms with Gasteiger partial charge in [0.05, 0.1) is 6.04 Å². The molecule has 0 saturated heterocycles. The van der Waals surface area contributed by atoms with Gasteiger partial charge in [0.25, 0.3) is 0 Å². The predicted octanol–water partition coefficient (Wildman–Crippen LogP) is 3.99. The molecule has 4 nitrogen and oxygen atoms in total. The highest BCUT2D eigenvalue weighted by molar-refractivity contribution is 5.68. The van der Waals surface area contributed by atoms with Gasteiger partial charge in [-0.2, -0.15) is 0 Å². The van der Waals surface area contributed by atoms with Crippen molar-refractivity contribution in [2.24, 2.45) is 0 Å². The predicted molar refractivity (Wildman–Crippen MR) is 90.0 cm³/mol. The number of carbonyl (C=O) groups excluding carboxylic acids is 1. The summed E-state index contributed by atoms with van der Waals surface area (Å²) in [6.07, 6.45) is -1.42. The van der Waals surface area contributed by atoms with E-state index in [9.17, 15) is 9.90 Å². The Hall–Kier alpha value is -2.33. The highest BCUT2D eigenvalue weighted by Crippen LogP contribution is 2.29. The van der Waals surface area contributed by atoms with Crippen LogP contribution in [0.5, 0.6) is 0 Å². The van der Waals surface area contributed by atoms with Crippen LogP contribution in [0.15, 0.2) is 60.7 Å². The monoisotopic (exact) mass is 313 g/mol. The van der Waals surface area contributed by atoms with Gasteiger partial charge in [-0.05, 0) is 31.9 Å². The summed E-state index contributed by atoms with van der Waals surface area (Å²) in [5.74, 6) is 0. The van der Waals surface area contributed by atoms with Crippen LogP contribution in [-0.4, -0.2) is 16.8 Å². The van der Waals surface area contributed by atoms with Gasteiger partial charge >= 0.3 is 6.09 Å². The summed E-state index contributed by atoms with van der Waals surface area (Å²) < 4.78 is 5.31. The topological polar surface area (TPSA) is 58.6 Å². The Balaban J connectivity index is 2.24. The second-order valence-electron chi connectivity index (χ2n) is 6.39. The molecule has 2 atom stereocenters. The normalized spacial score (nSPS) is 13.9. The van der Waals surface area contributed by atoms with E-state index in [1.807, 2.05) is 60.7 Å². The summed E-state index contributed by atoms with van der Waals surface area (Å²) >= 11 is 0. The van der Waals surface area contributed by atoms with Crippen molar-refractivity contribution in [2.75, 3.05) is 0 Å². The Labute approximate surface area is 137 Å². The van der Waals surface area contributed by atoms with E-state index in [0.29, 0.717) is 0 Å². The van der Waals surface area contributed by atoms with E-state index in [-0.39, 0.29) is 0 Å². The maximum atomic E-state index is 12.1. The molecule has 2 aromatic carbocycles. The minimum absolute atomic E-state index is 0.554. The van der Waals surface area contributed by atoms with Gasteiger partial charge in [-0.15, -0.1) is 0 Å². The first-order valence-corrected chi connectivity index (χ1v) is 7.64. The second kappa shape index (κ2) is 7.29. The van der Waals surface area contributed by atoms with E-state index in [1.165, 1.54) is 0 Å². The smallest absolute Gasteiger partial charge is 0.408 e. The number of alkyl carbamates (subject to hydrolysis) is 1. The number of aliphatic hydroxyl groups is 1. The Kier molecular flexibility index (Phi) is 5.40. The van der Waals surface area contributed by atoms with Crippen molar-refractivity contribution >= 4 is 6.09 Å². The van der Waals surface area contributed by atoms with E-state index in [4.69, 9.17) is 4.74 Å². The highest BCUT2D eigenvalue weighted by Gasteiger charge is 2.26. The Morgan fingerprint density at radius 3 is 1.91 bits per heavy atom. The van der Waals surface area contributed by atoms with Crippen LogP contribution in [0.2, 0.25) is 0 Å². The molecule has 2 N–H and O–H groups in total. The molecule has 0 radical (unpaired) electrons. The minimum atomic E-state index is -0.869. The van der Waals surface area contributed by atoms with Crippen LogP contribution in [0.1, 0.15) is 44.0 Å². The molecule has 0 aromatic heterocycles. The van der Waals surface area contributed by atoms with Gasteiger partial charge in [-0.1, -0.05) is 60.7 Å². The third-order valence-corrected chi connectivity index (χ3v) is 3.29. The van der Waals surface area contributed by atoms with Gasteiger partial charge in [0, 0.05) is 0 Å². The lowest BCUT2D eigenvalue weighted by Gasteiger charge is -2.27. The van der Waals surface area contributed by atoms with Crippen molar-refractivity contribution in [1.29, 1.82) is 0 Å².